The van der Waals surface area contributed by atoms with Gasteiger partial charge < -0.3 is 35.4 Å². The topological polar surface area (TPSA) is 120 Å². The van der Waals surface area contributed by atoms with Gasteiger partial charge in [-0.15, -0.1) is 11.8 Å². The average Bonchev–Trinajstić information content (AvgIpc) is 3.06. The molecule has 194 valence electrons. The molecule has 0 spiro atoms. The molecule has 3 saturated heterocycles. The summed E-state index contributed by atoms with van der Waals surface area (Å²) in [7, 11) is 0. The molecule has 4 aliphatic heterocycles. The van der Waals surface area contributed by atoms with E-state index in [2.05, 4.69) is 30.6 Å². The van der Waals surface area contributed by atoms with Crippen LogP contribution < -0.4 is 10.6 Å². The summed E-state index contributed by atoms with van der Waals surface area (Å²) in [6.45, 7) is 5.93. The molecule has 4 rings (SSSR count). The number of thioether (sulfide) groups is 1. The molecule has 10 atom stereocenters. The Bertz CT molecular complexity index is 709. The summed E-state index contributed by atoms with van der Waals surface area (Å²) in [6, 6.07) is -0.978. The zero-order valence-electron chi connectivity index (χ0n) is 20.3. The Labute approximate surface area is 207 Å². The fourth-order valence-electron chi connectivity index (χ4n) is 5.92. The lowest BCUT2D eigenvalue weighted by Gasteiger charge is -2.43. The molecule has 2 bridgehead atoms. The molecule has 9 heteroatoms. The SMILES string of the molecule is CC(C)C[C@@H]1CCOC2C(C(=O)N[C@@H]3C/C=C/CCCSC4OC3C(O)C(O)C4O)NC[C@@H]2C1. The third-order valence-corrected chi connectivity index (χ3v) is 8.88. The van der Waals surface area contributed by atoms with Crippen LogP contribution in [0.25, 0.3) is 0 Å². The summed E-state index contributed by atoms with van der Waals surface area (Å²) in [5.74, 6) is 2.20. The van der Waals surface area contributed by atoms with E-state index in [1.165, 1.54) is 18.2 Å². The Hall–Kier alpha value is -0.680. The molecule has 4 heterocycles. The van der Waals surface area contributed by atoms with Crippen LogP contribution in [0.4, 0.5) is 0 Å². The molecule has 8 nitrogen and oxygen atoms in total. The van der Waals surface area contributed by atoms with Crippen LogP contribution in [0.15, 0.2) is 12.2 Å². The summed E-state index contributed by atoms with van der Waals surface area (Å²) in [4.78, 5) is 13.4. The number of nitrogens with one attached hydrogen (secondary N) is 2. The van der Waals surface area contributed by atoms with E-state index in [1.54, 1.807) is 0 Å². The van der Waals surface area contributed by atoms with E-state index in [1.807, 2.05) is 6.08 Å². The Morgan fingerprint density at radius 2 is 2.00 bits per heavy atom. The van der Waals surface area contributed by atoms with Crippen LogP contribution in [-0.4, -0.2) is 88.2 Å². The van der Waals surface area contributed by atoms with Gasteiger partial charge in [-0.2, -0.15) is 0 Å². The summed E-state index contributed by atoms with van der Waals surface area (Å²) in [5, 5.41) is 38.1. The van der Waals surface area contributed by atoms with Crippen molar-refractivity contribution in [3.8, 4) is 0 Å². The Balaban J connectivity index is 1.45. The fourth-order valence-corrected chi connectivity index (χ4v) is 7.06. The van der Waals surface area contributed by atoms with E-state index in [9.17, 15) is 20.1 Å². The van der Waals surface area contributed by atoms with Crippen LogP contribution in [-0.2, 0) is 14.3 Å². The van der Waals surface area contributed by atoms with E-state index in [-0.39, 0.29) is 12.0 Å². The van der Waals surface area contributed by atoms with Crippen LogP contribution in [0.1, 0.15) is 52.4 Å². The number of aliphatic hydroxyl groups excluding tert-OH is 3. The van der Waals surface area contributed by atoms with Crippen LogP contribution in [0, 0.1) is 17.8 Å². The van der Waals surface area contributed by atoms with Crippen molar-refractivity contribution in [3.63, 3.8) is 0 Å². The quantitative estimate of drug-likeness (QED) is 0.367. The smallest absolute Gasteiger partial charge is 0.240 e. The minimum Gasteiger partial charge on any atom is -0.388 e. The monoisotopic (exact) mass is 498 g/mol. The maximum atomic E-state index is 13.4. The third-order valence-electron chi connectivity index (χ3n) is 7.64. The van der Waals surface area contributed by atoms with Crippen molar-refractivity contribution in [2.45, 2.75) is 100 Å². The maximum absolute atomic E-state index is 13.4. The Morgan fingerprint density at radius 3 is 2.79 bits per heavy atom. The number of ether oxygens (including phenoxy) is 2. The number of allylic oxidation sites excluding steroid dienone is 1. The highest BCUT2D eigenvalue weighted by molar-refractivity contribution is 7.99. The van der Waals surface area contributed by atoms with Gasteiger partial charge in [0.05, 0.1) is 12.1 Å². The molecule has 0 aromatic heterocycles. The second-order valence-electron chi connectivity index (χ2n) is 10.8. The van der Waals surface area contributed by atoms with Gasteiger partial charge in [0, 0.05) is 13.2 Å². The van der Waals surface area contributed by atoms with Crippen LogP contribution in [0.5, 0.6) is 0 Å². The number of rotatable bonds is 4. The lowest BCUT2D eigenvalue weighted by atomic mass is 9.85. The van der Waals surface area contributed by atoms with Gasteiger partial charge in [-0.1, -0.05) is 26.0 Å². The highest BCUT2D eigenvalue weighted by Gasteiger charge is 2.48. The van der Waals surface area contributed by atoms with Crippen molar-refractivity contribution >= 4 is 17.7 Å². The van der Waals surface area contributed by atoms with Gasteiger partial charge >= 0.3 is 0 Å². The second kappa shape index (κ2) is 12.0. The maximum Gasteiger partial charge on any atom is 0.240 e. The van der Waals surface area contributed by atoms with E-state index in [0.29, 0.717) is 30.8 Å². The predicted octanol–water partition coefficient (Wildman–Crippen LogP) is 1.18. The molecular weight excluding hydrogens is 456 g/mol. The average molecular weight is 499 g/mol. The van der Waals surface area contributed by atoms with Crippen molar-refractivity contribution in [2.75, 3.05) is 18.9 Å². The lowest BCUT2D eigenvalue weighted by Crippen LogP contribution is -2.63. The van der Waals surface area contributed by atoms with Crippen molar-refractivity contribution in [3.05, 3.63) is 12.2 Å². The number of amides is 1. The number of hydrogen-bond acceptors (Lipinski definition) is 8. The molecule has 0 aliphatic carbocycles. The molecule has 0 aromatic carbocycles. The molecule has 5 N–H and O–H groups in total. The molecule has 0 saturated carbocycles. The standard InChI is InChI=1S/C25H42N2O6S/c1-14(2)11-15-8-9-32-22-16(12-15)13-26-18(22)24(31)27-17-7-5-3-4-6-10-34-25-21(30)19(28)20(29)23(17)33-25/h3,5,14-23,25-26,28-30H,4,6-13H2,1-2H3,(H,27,31)/b5-3+/t15-,16-,17+,18?,19?,20?,21?,22?,23?,25?/m0/s1. The van der Waals surface area contributed by atoms with Gasteiger partial charge in [-0.3, -0.25) is 4.79 Å². The van der Waals surface area contributed by atoms with E-state index >= 15 is 0 Å². The van der Waals surface area contributed by atoms with Crippen LogP contribution >= 0.6 is 11.8 Å². The van der Waals surface area contributed by atoms with Gasteiger partial charge in [0.15, 0.2) is 0 Å². The summed E-state index contributed by atoms with van der Waals surface area (Å²) >= 11 is 1.44. The number of aliphatic hydroxyl groups is 3. The first-order valence-corrected chi connectivity index (χ1v) is 14.0. The molecule has 0 aromatic rings. The first-order valence-electron chi connectivity index (χ1n) is 13.0. The summed E-state index contributed by atoms with van der Waals surface area (Å²) in [6.07, 6.45) is 4.92. The highest BCUT2D eigenvalue weighted by Crippen LogP contribution is 2.34. The van der Waals surface area contributed by atoms with Crippen molar-refractivity contribution in [1.82, 2.24) is 10.6 Å². The summed E-state index contributed by atoms with van der Waals surface area (Å²) in [5.41, 5.74) is -0.641. The van der Waals surface area contributed by atoms with Gasteiger partial charge in [0.2, 0.25) is 5.91 Å². The van der Waals surface area contributed by atoms with Gasteiger partial charge in [0.1, 0.15) is 35.9 Å². The third kappa shape index (κ3) is 6.17. The van der Waals surface area contributed by atoms with Crippen LogP contribution in [0.3, 0.4) is 0 Å². The number of carbonyl (C=O) groups is 1. The number of carbonyl (C=O) groups excluding carboxylic acids is 1. The number of hydrogen-bond donors (Lipinski definition) is 5. The minimum absolute atomic E-state index is 0.163. The number of fused-ring (bicyclic) bond motifs is 3. The second-order valence-corrected chi connectivity index (χ2v) is 12.0. The molecule has 3 fully saturated rings. The Kier molecular flexibility index (Phi) is 9.34. The molecule has 1 amide bonds. The largest absolute Gasteiger partial charge is 0.388 e. The van der Waals surface area contributed by atoms with E-state index in [0.717, 1.165) is 38.0 Å². The van der Waals surface area contributed by atoms with Crippen molar-refractivity contribution in [2.24, 2.45) is 17.8 Å². The fraction of sp³-hybridized carbons (Fsp3) is 0.880. The van der Waals surface area contributed by atoms with Gasteiger partial charge in [0.25, 0.3) is 0 Å². The zero-order valence-corrected chi connectivity index (χ0v) is 21.2. The van der Waals surface area contributed by atoms with E-state index < -0.39 is 41.9 Å². The van der Waals surface area contributed by atoms with Crippen molar-refractivity contribution < 1.29 is 29.6 Å². The Morgan fingerprint density at radius 1 is 1.18 bits per heavy atom. The molecule has 7 unspecified atom stereocenters. The predicted molar refractivity (Wildman–Crippen MR) is 131 cm³/mol. The molecule has 0 radical (unpaired) electrons. The molecule has 34 heavy (non-hydrogen) atoms. The zero-order chi connectivity index (χ0) is 24.2. The van der Waals surface area contributed by atoms with Gasteiger partial charge in [-0.05, 0) is 62.0 Å². The summed E-state index contributed by atoms with van der Waals surface area (Å²) < 4.78 is 12.3. The lowest BCUT2D eigenvalue weighted by molar-refractivity contribution is -0.205. The van der Waals surface area contributed by atoms with Crippen molar-refractivity contribution in [1.29, 1.82) is 0 Å². The first kappa shape index (κ1) is 26.4. The highest BCUT2D eigenvalue weighted by atomic mass is 32.2. The normalized spacial score (nSPS) is 44.5. The molecule has 4 aliphatic rings. The first-order chi connectivity index (χ1) is 16.3. The van der Waals surface area contributed by atoms with E-state index in [4.69, 9.17) is 9.47 Å². The minimum atomic E-state index is -1.32. The molecular formula is C25H42N2O6S. The van der Waals surface area contributed by atoms with Crippen LogP contribution in [0.2, 0.25) is 0 Å². The van der Waals surface area contributed by atoms with Gasteiger partial charge in [-0.25, -0.2) is 0 Å².